The summed E-state index contributed by atoms with van der Waals surface area (Å²) >= 11 is 0. The van der Waals surface area contributed by atoms with Crippen LogP contribution < -0.4 is 5.32 Å². The van der Waals surface area contributed by atoms with Crippen LogP contribution in [0.1, 0.15) is 48.6 Å². The van der Waals surface area contributed by atoms with Gasteiger partial charge in [0.25, 0.3) is 5.95 Å². The summed E-state index contributed by atoms with van der Waals surface area (Å²) < 4.78 is 7.25. The number of ether oxygens (including phenoxy) is 1. The molecule has 0 unspecified atom stereocenters. The molecule has 2 aromatic rings. The highest BCUT2D eigenvalue weighted by Crippen LogP contribution is 2.17. The molecule has 7 heteroatoms. The maximum Gasteiger partial charge on any atom is 0.251 e. The highest BCUT2D eigenvalue weighted by molar-refractivity contribution is 5.79. The predicted molar refractivity (Wildman–Crippen MR) is 105 cm³/mol. The molecule has 27 heavy (non-hydrogen) atoms. The molecule has 0 bridgehead atoms. The number of carbonyl (C=O) groups is 1. The van der Waals surface area contributed by atoms with Gasteiger partial charge in [0.05, 0.1) is 12.1 Å². The maximum absolute atomic E-state index is 12.3. The van der Waals surface area contributed by atoms with Crippen molar-refractivity contribution < 1.29 is 9.53 Å². The Morgan fingerprint density at radius 3 is 2.48 bits per heavy atom. The minimum Gasteiger partial charge on any atom is -0.381 e. The van der Waals surface area contributed by atoms with Crippen molar-refractivity contribution in [1.29, 1.82) is 0 Å². The van der Waals surface area contributed by atoms with E-state index < -0.39 is 0 Å². The fraction of sp³-hybridized carbons (Fsp3) is 0.600. The topological polar surface area (TPSA) is 81.9 Å². The zero-order chi connectivity index (χ0) is 20.0. The fourth-order valence-corrected chi connectivity index (χ4v) is 2.87. The van der Waals surface area contributed by atoms with Gasteiger partial charge in [0.1, 0.15) is 0 Å². The average Bonchev–Trinajstić information content (AvgIpc) is 2.85. The minimum atomic E-state index is -0.00838. The Labute approximate surface area is 161 Å². The lowest BCUT2D eigenvalue weighted by atomic mass is 10.1. The van der Waals surface area contributed by atoms with E-state index in [4.69, 9.17) is 4.74 Å². The highest BCUT2D eigenvalue weighted by atomic mass is 16.5. The van der Waals surface area contributed by atoms with Gasteiger partial charge in [-0.05, 0) is 46.1 Å². The molecule has 1 amide bonds. The number of aryl methyl sites for hydroxylation is 3. The van der Waals surface area contributed by atoms with Crippen molar-refractivity contribution in [3.63, 3.8) is 0 Å². The molecule has 0 saturated heterocycles. The Morgan fingerprint density at radius 1 is 1.19 bits per heavy atom. The number of rotatable bonds is 9. The second kappa shape index (κ2) is 9.60. The van der Waals surface area contributed by atoms with Crippen LogP contribution in [0.4, 0.5) is 0 Å². The Bertz CT molecular complexity index is 763. The molecular formula is C20H31N5O2. The van der Waals surface area contributed by atoms with Crippen LogP contribution in [0.5, 0.6) is 0 Å². The first-order valence-electron chi connectivity index (χ1n) is 9.50. The van der Waals surface area contributed by atoms with Crippen molar-refractivity contribution in [2.75, 3.05) is 19.8 Å². The van der Waals surface area contributed by atoms with Gasteiger partial charge in [-0.2, -0.15) is 5.10 Å². The fourth-order valence-electron chi connectivity index (χ4n) is 2.87. The Kier molecular flexibility index (Phi) is 7.47. The van der Waals surface area contributed by atoms with Crippen LogP contribution in [0.15, 0.2) is 6.07 Å². The lowest BCUT2D eigenvalue weighted by Gasteiger charge is -2.08. The average molecular weight is 374 g/mol. The normalized spacial score (nSPS) is 11.2. The lowest BCUT2D eigenvalue weighted by Crippen LogP contribution is -2.27. The minimum absolute atomic E-state index is 0.00838. The Morgan fingerprint density at radius 2 is 1.85 bits per heavy atom. The molecule has 0 aliphatic rings. The largest absolute Gasteiger partial charge is 0.381 e. The van der Waals surface area contributed by atoms with Crippen LogP contribution >= 0.6 is 0 Å². The van der Waals surface area contributed by atoms with Gasteiger partial charge in [0.15, 0.2) is 0 Å². The molecule has 0 saturated carbocycles. The lowest BCUT2D eigenvalue weighted by molar-refractivity contribution is -0.120. The van der Waals surface area contributed by atoms with Crippen LogP contribution in [0.2, 0.25) is 0 Å². The van der Waals surface area contributed by atoms with Crippen molar-refractivity contribution in [2.24, 2.45) is 5.92 Å². The number of nitrogens with one attached hydrogen (secondary N) is 1. The van der Waals surface area contributed by atoms with Gasteiger partial charge < -0.3 is 10.1 Å². The third-order valence-electron chi connectivity index (χ3n) is 4.18. The Balaban J connectivity index is 1.95. The summed E-state index contributed by atoms with van der Waals surface area (Å²) in [5.41, 5.74) is 4.43. The van der Waals surface area contributed by atoms with Crippen LogP contribution in [0.25, 0.3) is 5.95 Å². The molecule has 0 atom stereocenters. The number of hydrogen-bond donors (Lipinski definition) is 1. The second-order valence-corrected chi connectivity index (χ2v) is 7.36. The summed E-state index contributed by atoms with van der Waals surface area (Å²) in [6, 6.07) is 1.93. The first-order valence-corrected chi connectivity index (χ1v) is 9.50. The summed E-state index contributed by atoms with van der Waals surface area (Å²) in [6.07, 6.45) is 1.11. The van der Waals surface area contributed by atoms with E-state index in [0.717, 1.165) is 41.4 Å². The number of hydrogen-bond acceptors (Lipinski definition) is 5. The number of nitrogens with zero attached hydrogens (tertiary/aromatic N) is 4. The quantitative estimate of drug-likeness (QED) is 0.683. The summed E-state index contributed by atoms with van der Waals surface area (Å²) in [7, 11) is 0. The van der Waals surface area contributed by atoms with Crippen LogP contribution in [0.3, 0.4) is 0 Å². The monoisotopic (exact) mass is 373 g/mol. The number of carbonyl (C=O) groups excluding carboxylic acids is 1. The first kappa shape index (κ1) is 21.0. The molecule has 2 aromatic heterocycles. The smallest absolute Gasteiger partial charge is 0.251 e. The van der Waals surface area contributed by atoms with E-state index in [1.807, 2.05) is 33.8 Å². The second-order valence-electron chi connectivity index (χ2n) is 7.36. The first-order chi connectivity index (χ1) is 12.8. The van der Waals surface area contributed by atoms with E-state index in [1.165, 1.54) is 0 Å². The van der Waals surface area contributed by atoms with Gasteiger partial charge in [0.2, 0.25) is 5.91 Å². The summed E-state index contributed by atoms with van der Waals surface area (Å²) in [5.74, 6) is 1.07. The number of aromatic nitrogens is 4. The van der Waals surface area contributed by atoms with Gasteiger partial charge in [-0.1, -0.05) is 13.8 Å². The molecule has 0 aliphatic heterocycles. The van der Waals surface area contributed by atoms with E-state index >= 15 is 0 Å². The number of amides is 1. The molecular weight excluding hydrogens is 342 g/mol. The summed E-state index contributed by atoms with van der Waals surface area (Å²) in [4.78, 5) is 21.2. The van der Waals surface area contributed by atoms with Crippen molar-refractivity contribution in [3.05, 3.63) is 34.4 Å². The Hall–Kier alpha value is -2.28. The zero-order valence-electron chi connectivity index (χ0n) is 17.3. The molecule has 2 rings (SSSR count). The van der Waals surface area contributed by atoms with Crippen molar-refractivity contribution in [1.82, 2.24) is 25.1 Å². The van der Waals surface area contributed by atoms with E-state index in [9.17, 15) is 4.79 Å². The molecule has 148 valence electrons. The van der Waals surface area contributed by atoms with Gasteiger partial charge in [-0.15, -0.1) is 0 Å². The van der Waals surface area contributed by atoms with Crippen molar-refractivity contribution >= 4 is 5.91 Å². The van der Waals surface area contributed by atoms with Crippen LogP contribution in [0, 0.1) is 33.6 Å². The molecule has 0 fully saturated rings. The van der Waals surface area contributed by atoms with E-state index in [2.05, 4.69) is 34.2 Å². The molecule has 2 heterocycles. The molecule has 0 spiro atoms. The molecule has 0 radical (unpaired) electrons. The standard InChI is InChI=1S/C20H31N5O2/c1-13(2)12-27-9-7-8-21-19(26)11-18-16(5)24-25(17(18)6)20-22-14(3)10-15(4)23-20/h10,13H,7-9,11-12H2,1-6H3,(H,21,26). The third kappa shape index (κ3) is 6.13. The van der Waals surface area contributed by atoms with Gasteiger partial charge in [-0.3, -0.25) is 4.79 Å². The third-order valence-corrected chi connectivity index (χ3v) is 4.18. The van der Waals surface area contributed by atoms with Crippen LogP contribution in [-0.2, 0) is 16.0 Å². The molecule has 7 nitrogen and oxygen atoms in total. The van der Waals surface area contributed by atoms with E-state index in [-0.39, 0.29) is 5.91 Å². The molecule has 1 N–H and O–H groups in total. The highest BCUT2D eigenvalue weighted by Gasteiger charge is 2.17. The predicted octanol–water partition coefficient (Wildman–Crippen LogP) is 2.62. The van der Waals surface area contributed by atoms with E-state index in [1.54, 1.807) is 4.68 Å². The van der Waals surface area contributed by atoms with E-state index in [0.29, 0.717) is 31.4 Å². The molecule has 0 aliphatic carbocycles. The SMILES string of the molecule is Cc1cc(C)nc(-n2nc(C)c(CC(=O)NCCCOCC(C)C)c2C)n1. The zero-order valence-corrected chi connectivity index (χ0v) is 17.3. The van der Waals surface area contributed by atoms with Gasteiger partial charge >= 0.3 is 0 Å². The summed E-state index contributed by atoms with van der Waals surface area (Å²) in [6.45, 7) is 14.0. The van der Waals surface area contributed by atoms with Gasteiger partial charge in [0, 0.05) is 42.4 Å². The summed E-state index contributed by atoms with van der Waals surface area (Å²) in [5, 5.41) is 7.50. The van der Waals surface area contributed by atoms with Crippen molar-refractivity contribution in [2.45, 2.75) is 54.4 Å². The van der Waals surface area contributed by atoms with Gasteiger partial charge in [-0.25, -0.2) is 14.6 Å². The molecule has 0 aromatic carbocycles. The van der Waals surface area contributed by atoms with Crippen LogP contribution in [-0.4, -0.2) is 45.4 Å². The maximum atomic E-state index is 12.3. The van der Waals surface area contributed by atoms with Crippen molar-refractivity contribution in [3.8, 4) is 5.95 Å².